The van der Waals surface area contributed by atoms with Gasteiger partial charge < -0.3 is 16.0 Å². The lowest BCUT2D eigenvalue weighted by molar-refractivity contribution is -0.139. The van der Waals surface area contributed by atoms with E-state index in [0.717, 1.165) is 55.2 Å². The largest absolute Gasteiger partial charge is 0.369 e. The molecule has 8 heteroatoms. The maximum absolute atomic E-state index is 13.7. The summed E-state index contributed by atoms with van der Waals surface area (Å²) in [6.45, 7) is 4.73. The van der Waals surface area contributed by atoms with Gasteiger partial charge >= 0.3 is 0 Å². The summed E-state index contributed by atoms with van der Waals surface area (Å²) >= 11 is 5.98. The average molecular weight is 568 g/mol. The van der Waals surface area contributed by atoms with Crippen LogP contribution in [0.2, 0.25) is 5.02 Å². The van der Waals surface area contributed by atoms with Crippen LogP contribution < -0.4 is 11.1 Å². The van der Waals surface area contributed by atoms with Crippen LogP contribution in [0, 0.1) is 23.6 Å². The summed E-state index contributed by atoms with van der Waals surface area (Å²) in [5.41, 5.74) is 8.32. The van der Waals surface area contributed by atoms with Gasteiger partial charge in [0, 0.05) is 13.1 Å². The Morgan fingerprint density at radius 2 is 1.80 bits per heavy atom. The summed E-state index contributed by atoms with van der Waals surface area (Å²) in [6, 6.07) is 11.7. The Morgan fingerprint density at radius 1 is 1.07 bits per heavy atom. The van der Waals surface area contributed by atoms with E-state index >= 15 is 0 Å². The molecule has 3 atom stereocenters. The quantitative estimate of drug-likeness (QED) is 0.325. The van der Waals surface area contributed by atoms with Crippen LogP contribution in [0.3, 0.4) is 0 Å². The van der Waals surface area contributed by atoms with Gasteiger partial charge in [-0.25, -0.2) is 4.39 Å². The minimum atomic E-state index is -0.655. The van der Waals surface area contributed by atoms with Gasteiger partial charge in [0.1, 0.15) is 11.9 Å². The molecule has 2 aliphatic rings. The number of halogens is 2. The van der Waals surface area contributed by atoms with Crippen molar-refractivity contribution in [1.29, 1.82) is 0 Å². The van der Waals surface area contributed by atoms with Gasteiger partial charge in [-0.05, 0) is 72.9 Å². The van der Waals surface area contributed by atoms with Gasteiger partial charge in [-0.2, -0.15) is 0 Å². The second kappa shape index (κ2) is 13.9. The van der Waals surface area contributed by atoms with E-state index in [0.29, 0.717) is 38.3 Å². The fourth-order valence-electron chi connectivity index (χ4n) is 6.14. The Kier molecular flexibility index (Phi) is 10.4. The smallest absolute Gasteiger partial charge is 0.245 e. The van der Waals surface area contributed by atoms with Gasteiger partial charge in [-0.1, -0.05) is 67.6 Å². The van der Waals surface area contributed by atoms with Gasteiger partial charge in [0.05, 0.1) is 16.9 Å². The number of nitrogens with one attached hydrogen (secondary N) is 1. The molecule has 2 aromatic carbocycles. The molecule has 1 saturated carbocycles. The average Bonchev–Trinajstić information content (AvgIpc) is 3.40. The van der Waals surface area contributed by atoms with E-state index < -0.39 is 29.6 Å². The van der Waals surface area contributed by atoms with E-state index in [1.165, 1.54) is 6.07 Å². The Labute approximate surface area is 241 Å². The van der Waals surface area contributed by atoms with Crippen LogP contribution in [0.25, 0.3) is 11.1 Å². The molecule has 1 aliphatic carbocycles. The number of carbonyl (C=O) groups excluding carboxylic acids is 3. The minimum absolute atomic E-state index is 0.0575. The lowest BCUT2D eigenvalue weighted by Crippen LogP contribution is -2.50. The molecular formula is C32H39ClFN3O3. The summed E-state index contributed by atoms with van der Waals surface area (Å²) < 4.78 is 13.7. The second-order valence-corrected chi connectivity index (χ2v) is 11.6. The molecule has 0 aromatic heterocycles. The Hall–Kier alpha value is -3.19. The number of nitrogens with zero attached hydrogens (tertiary/aromatic N) is 1. The first-order valence-electron chi connectivity index (χ1n) is 14.3. The molecule has 4 rings (SSSR count). The molecule has 0 spiro atoms. The third-order valence-electron chi connectivity index (χ3n) is 8.32. The molecule has 214 valence electrons. The second-order valence-electron chi connectivity index (χ2n) is 11.2. The highest BCUT2D eigenvalue weighted by atomic mass is 35.5. The topological polar surface area (TPSA) is 92.5 Å². The van der Waals surface area contributed by atoms with Gasteiger partial charge in [0.25, 0.3) is 0 Å². The van der Waals surface area contributed by atoms with Crippen molar-refractivity contribution in [3.63, 3.8) is 0 Å². The van der Waals surface area contributed by atoms with Crippen molar-refractivity contribution in [2.75, 3.05) is 6.54 Å². The third kappa shape index (κ3) is 7.51. The van der Waals surface area contributed by atoms with E-state index in [4.69, 9.17) is 17.3 Å². The Morgan fingerprint density at radius 3 is 2.50 bits per heavy atom. The molecule has 1 heterocycles. The van der Waals surface area contributed by atoms with E-state index in [2.05, 4.69) is 11.9 Å². The normalized spacial score (nSPS) is 19.6. The predicted molar refractivity (Wildman–Crippen MR) is 156 cm³/mol. The molecule has 3 N–H and O–H groups in total. The number of benzene rings is 2. The van der Waals surface area contributed by atoms with Crippen molar-refractivity contribution in [3.8, 4) is 11.1 Å². The zero-order chi connectivity index (χ0) is 28.6. The van der Waals surface area contributed by atoms with Crippen LogP contribution in [0.5, 0.6) is 0 Å². The summed E-state index contributed by atoms with van der Waals surface area (Å²) in [5, 5.41) is 3.08. The van der Waals surface area contributed by atoms with E-state index in [1.54, 1.807) is 23.1 Å². The molecule has 2 fully saturated rings. The lowest BCUT2D eigenvalue weighted by Gasteiger charge is -2.29. The van der Waals surface area contributed by atoms with Crippen LogP contribution in [-0.2, 0) is 20.9 Å². The summed E-state index contributed by atoms with van der Waals surface area (Å²) in [4.78, 5) is 41.4. The number of hydrogen-bond donors (Lipinski definition) is 2. The van der Waals surface area contributed by atoms with Crippen LogP contribution in [0.4, 0.5) is 4.39 Å². The van der Waals surface area contributed by atoms with Crippen molar-refractivity contribution < 1.29 is 18.8 Å². The molecule has 0 radical (unpaired) electrons. The number of rotatable bonds is 11. The number of allylic oxidation sites excluding steroid dienone is 1. The number of hydrogen-bond acceptors (Lipinski definition) is 3. The summed E-state index contributed by atoms with van der Waals surface area (Å²) in [6.07, 6.45) is 9.10. The van der Waals surface area contributed by atoms with Gasteiger partial charge in [0.2, 0.25) is 17.7 Å². The highest BCUT2D eigenvalue weighted by molar-refractivity contribution is 6.31. The molecule has 2 aromatic rings. The van der Waals surface area contributed by atoms with E-state index in [1.807, 2.05) is 24.3 Å². The predicted octanol–water partition coefficient (Wildman–Crippen LogP) is 6.02. The maximum atomic E-state index is 13.7. The van der Waals surface area contributed by atoms with Gasteiger partial charge in [-0.15, -0.1) is 6.58 Å². The Balaban J connectivity index is 1.48. The van der Waals surface area contributed by atoms with Crippen LogP contribution in [0.1, 0.15) is 63.4 Å². The molecule has 40 heavy (non-hydrogen) atoms. The van der Waals surface area contributed by atoms with Crippen molar-refractivity contribution >= 4 is 29.3 Å². The molecule has 1 saturated heterocycles. The number of carbonyl (C=O) groups is 3. The third-order valence-corrected chi connectivity index (χ3v) is 8.61. The van der Waals surface area contributed by atoms with Crippen LogP contribution in [-0.4, -0.2) is 35.2 Å². The van der Waals surface area contributed by atoms with E-state index in [9.17, 15) is 18.8 Å². The zero-order valence-electron chi connectivity index (χ0n) is 22.9. The highest BCUT2D eigenvalue weighted by Gasteiger charge is 2.37. The molecule has 0 unspecified atom stereocenters. The Bertz CT molecular complexity index is 1230. The SMILES string of the molecule is C=CC[C@H](C(N)=O)[C@@H](CC1CCCC1)C(=O)N[C@H]1CCCCN(Cc2cccc(-c3ccc(F)c(Cl)c3)c2)C1=O. The summed E-state index contributed by atoms with van der Waals surface area (Å²) in [7, 11) is 0. The zero-order valence-corrected chi connectivity index (χ0v) is 23.7. The van der Waals surface area contributed by atoms with Gasteiger partial charge in [-0.3, -0.25) is 14.4 Å². The van der Waals surface area contributed by atoms with Crippen molar-refractivity contribution in [3.05, 3.63) is 71.5 Å². The minimum Gasteiger partial charge on any atom is -0.369 e. The maximum Gasteiger partial charge on any atom is 0.245 e. The van der Waals surface area contributed by atoms with Crippen molar-refractivity contribution in [2.24, 2.45) is 23.5 Å². The molecule has 1 aliphatic heterocycles. The number of primary amides is 1. The van der Waals surface area contributed by atoms with Gasteiger partial charge in [0.15, 0.2) is 0 Å². The fraction of sp³-hybridized carbons (Fsp3) is 0.469. The lowest BCUT2D eigenvalue weighted by atomic mass is 9.80. The molecule has 3 amide bonds. The summed E-state index contributed by atoms with van der Waals surface area (Å²) in [5.74, 6) is -2.21. The van der Waals surface area contributed by atoms with Crippen LogP contribution >= 0.6 is 11.6 Å². The molecule has 0 bridgehead atoms. The first-order valence-corrected chi connectivity index (χ1v) is 14.7. The van der Waals surface area contributed by atoms with Crippen molar-refractivity contribution in [2.45, 2.75) is 70.4 Å². The van der Waals surface area contributed by atoms with Crippen molar-refractivity contribution in [1.82, 2.24) is 10.2 Å². The first-order chi connectivity index (χ1) is 19.3. The molecule has 6 nitrogen and oxygen atoms in total. The molecular weight excluding hydrogens is 529 g/mol. The highest BCUT2D eigenvalue weighted by Crippen LogP contribution is 2.34. The number of nitrogens with two attached hydrogens (primary N) is 1. The fourth-order valence-corrected chi connectivity index (χ4v) is 6.32. The number of likely N-dealkylation sites (tertiary alicyclic amines) is 1. The monoisotopic (exact) mass is 567 g/mol. The first kappa shape index (κ1) is 29.8. The van der Waals surface area contributed by atoms with Crippen LogP contribution in [0.15, 0.2) is 55.1 Å². The standard InChI is InChI=1S/C32H39ClFN3O3/c1-2-8-25(30(35)38)26(18-21-9-3-4-10-21)31(39)36-29-13-5-6-16-37(32(29)40)20-22-11-7-12-23(17-22)24-14-15-28(34)27(33)19-24/h2,7,11-12,14-15,17,19,21,25-26,29H,1,3-6,8-10,13,16,18,20H2,(H2,35,38)(H,36,39)/t25-,26+,29-/m0/s1. The number of amides is 3. The van der Waals surface area contributed by atoms with E-state index in [-0.39, 0.29) is 16.8 Å².